The van der Waals surface area contributed by atoms with Crippen molar-refractivity contribution in [2.75, 3.05) is 0 Å². The van der Waals surface area contributed by atoms with E-state index in [9.17, 15) is 22.0 Å². The van der Waals surface area contributed by atoms with Crippen LogP contribution in [-0.4, -0.2) is 6.18 Å². The highest BCUT2D eigenvalue weighted by Gasteiger charge is 2.59. The van der Waals surface area contributed by atoms with Crippen molar-refractivity contribution in [1.29, 1.82) is 0 Å². The third-order valence-corrected chi connectivity index (χ3v) is 3.45. The van der Waals surface area contributed by atoms with Gasteiger partial charge in [0.05, 0.1) is 4.88 Å². The topological polar surface area (TPSA) is 0 Å². The molecule has 0 amide bonds. The van der Waals surface area contributed by atoms with Gasteiger partial charge in [-0.25, -0.2) is 0 Å². The molecule has 0 spiro atoms. The van der Waals surface area contributed by atoms with E-state index in [1.54, 1.807) is 6.92 Å². The van der Waals surface area contributed by atoms with Crippen molar-refractivity contribution in [3.8, 4) is 0 Å². The van der Waals surface area contributed by atoms with E-state index in [-0.39, 0.29) is 5.92 Å². The van der Waals surface area contributed by atoms with Gasteiger partial charge < -0.3 is 0 Å². The number of allylic oxidation sites excluding steroid dienone is 1. The van der Waals surface area contributed by atoms with E-state index in [1.807, 2.05) is 0 Å². The maximum absolute atomic E-state index is 12.9. The molecule has 90 valence electrons. The molecule has 6 heteroatoms. The van der Waals surface area contributed by atoms with Crippen LogP contribution in [0.4, 0.5) is 22.0 Å². The molecule has 0 fully saturated rings. The van der Waals surface area contributed by atoms with Crippen molar-refractivity contribution in [1.82, 2.24) is 0 Å². The molecule has 0 saturated carbocycles. The first-order chi connectivity index (χ1) is 7.20. The zero-order valence-electron chi connectivity index (χ0n) is 8.31. The van der Waals surface area contributed by atoms with Gasteiger partial charge in [0.2, 0.25) is 0 Å². The molecule has 1 aromatic rings. The molecule has 0 aliphatic heterocycles. The Labute approximate surface area is 93.4 Å². The highest BCUT2D eigenvalue weighted by Crippen LogP contribution is 2.46. The lowest BCUT2D eigenvalue weighted by atomic mass is 10.1. The number of thiophene rings is 1. The maximum atomic E-state index is 12.9. The summed E-state index contributed by atoms with van der Waals surface area (Å²) in [5, 5.41) is 0. The van der Waals surface area contributed by atoms with Crippen LogP contribution in [0, 0.1) is 0 Å². The Kier molecular flexibility index (Phi) is 3.42. The lowest BCUT2D eigenvalue weighted by Gasteiger charge is -2.17. The molecule has 1 unspecified atom stereocenters. The summed E-state index contributed by atoms with van der Waals surface area (Å²) in [4.78, 5) is -0.544. The number of alkyl halides is 5. The maximum Gasteiger partial charge on any atom is 0.458 e. The summed E-state index contributed by atoms with van der Waals surface area (Å²) in [5.41, 5.74) is 0. The minimum absolute atomic E-state index is 0.234. The smallest absolute Gasteiger partial charge is 0.190 e. The van der Waals surface area contributed by atoms with Crippen LogP contribution in [-0.2, 0) is 5.92 Å². The fourth-order valence-corrected chi connectivity index (χ4v) is 2.07. The summed E-state index contributed by atoms with van der Waals surface area (Å²) in [6.07, 6.45) is -4.06. The highest BCUT2D eigenvalue weighted by molar-refractivity contribution is 7.12. The number of hydrogen-bond donors (Lipinski definition) is 0. The quantitative estimate of drug-likeness (QED) is 0.543. The standard InChI is InChI=1S/C10H9F5S/c1-3-6(2)7-4-5-8(16-7)9(11,12)10(13,14)15/h3-6H,1H2,2H3. The summed E-state index contributed by atoms with van der Waals surface area (Å²) in [7, 11) is 0. The monoisotopic (exact) mass is 256 g/mol. The Hall–Kier alpha value is -0.910. The number of halogens is 5. The lowest BCUT2D eigenvalue weighted by molar-refractivity contribution is -0.287. The van der Waals surface area contributed by atoms with E-state index in [2.05, 4.69) is 6.58 Å². The molecule has 0 aliphatic carbocycles. The van der Waals surface area contributed by atoms with Crippen LogP contribution in [0.2, 0.25) is 0 Å². The molecule has 0 nitrogen and oxygen atoms in total. The van der Waals surface area contributed by atoms with Crippen LogP contribution in [0.25, 0.3) is 0 Å². The van der Waals surface area contributed by atoms with Crippen LogP contribution >= 0.6 is 11.3 Å². The van der Waals surface area contributed by atoms with Gasteiger partial charge in [-0.1, -0.05) is 13.0 Å². The van der Waals surface area contributed by atoms with Gasteiger partial charge in [0.1, 0.15) is 0 Å². The predicted octanol–water partition coefficient (Wildman–Crippen LogP) is 4.69. The third-order valence-electron chi connectivity index (χ3n) is 2.09. The van der Waals surface area contributed by atoms with Gasteiger partial charge in [-0.2, -0.15) is 22.0 Å². The fourth-order valence-electron chi connectivity index (χ4n) is 1.02. The highest BCUT2D eigenvalue weighted by atomic mass is 32.1. The number of rotatable bonds is 3. The van der Waals surface area contributed by atoms with E-state index in [0.29, 0.717) is 16.2 Å². The van der Waals surface area contributed by atoms with Gasteiger partial charge in [0, 0.05) is 10.8 Å². The summed E-state index contributed by atoms with van der Waals surface area (Å²) < 4.78 is 61.9. The molecule has 1 rings (SSSR count). The molecule has 1 heterocycles. The molecule has 0 N–H and O–H groups in total. The first-order valence-corrected chi connectivity index (χ1v) is 5.19. The first kappa shape index (κ1) is 13.2. The van der Waals surface area contributed by atoms with Crippen molar-refractivity contribution in [2.24, 2.45) is 0 Å². The van der Waals surface area contributed by atoms with Crippen molar-refractivity contribution < 1.29 is 22.0 Å². The van der Waals surface area contributed by atoms with E-state index in [1.165, 1.54) is 12.1 Å². The molecule has 1 aromatic heterocycles. The van der Waals surface area contributed by atoms with Crippen LogP contribution in [0.1, 0.15) is 22.6 Å². The van der Waals surface area contributed by atoms with Crippen molar-refractivity contribution in [3.05, 3.63) is 34.5 Å². The van der Waals surface area contributed by atoms with Crippen molar-refractivity contribution in [2.45, 2.75) is 24.9 Å². The lowest BCUT2D eigenvalue weighted by Crippen LogP contribution is -2.32. The molecule has 1 atom stereocenters. The van der Waals surface area contributed by atoms with Gasteiger partial charge in [-0.3, -0.25) is 0 Å². The van der Waals surface area contributed by atoms with E-state index in [4.69, 9.17) is 0 Å². The Morgan fingerprint density at radius 3 is 2.25 bits per heavy atom. The summed E-state index contributed by atoms with van der Waals surface area (Å²) >= 11 is 0.458. The minimum atomic E-state index is -5.55. The van der Waals surface area contributed by atoms with Gasteiger partial charge >= 0.3 is 12.1 Å². The van der Waals surface area contributed by atoms with Crippen molar-refractivity contribution in [3.63, 3.8) is 0 Å². The van der Waals surface area contributed by atoms with Crippen LogP contribution in [0.5, 0.6) is 0 Å². The van der Waals surface area contributed by atoms with E-state index in [0.717, 1.165) is 6.07 Å². The van der Waals surface area contributed by atoms with Gasteiger partial charge in [0.25, 0.3) is 0 Å². The zero-order valence-corrected chi connectivity index (χ0v) is 9.13. The summed E-state index contributed by atoms with van der Waals surface area (Å²) in [5.74, 6) is -5.01. The predicted molar refractivity (Wildman–Crippen MR) is 52.9 cm³/mol. The Balaban J connectivity index is 3.07. The Morgan fingerprint density at radius 1 is 1.25 bits per heavy atom. The Morgan fingerprint density at radius 2 is 1.81 bits per heavy atom. The molecule has 0 aromatic carbocycles. The zero-order chi connectivity index (χ0) is 12.6. The Bertz CT molecular complexity index is 377. The summed E-state index contributed by atoms with van der Waals surface area (Å²) in [6, 6.07) is 2.08. The second kappa shape index (κ2) is 4.16. The van der Waals surface area contributed by atoms with Crippen LogP contribution in [0.3, 0.4) is 0 Å². The summed E-state index contributed by atoms with van der Waals surface area (Å²) in [6.45, 7) is 5.13. The minimum Gasteiger partial charge on any atom is -0.190 e. The van der Waals surface area contributed by atoms with Gasteiger partial charge in [-0.05, 0) is 12.1 Å². The first-order valence-electron chi connectivity index (χ1n) is 4.37. The second-order valence-electron chi connectivity index (χ2n) is 3.30. The fraction of sp³-hybridized carbons (Fsp3) is 0.400. The molecule has 0 saturated heterocycles. The molecule has 0 bridgehead atoms. The molecule has 16 heavy (non-hydrogen) atoms. The molecular formula is C10H9F5S. The van der Waals surface area contributed by atoms with Crippen LogP contribution in [0.15, 0.2) is 24.8 Å². The molecule has 0 aliphatic rings. The number of hydrogen-bond acceptors (Lipinski definition) is 1. The van der Waals surface area contributed by atoms with E-state index >= 15 is 0 Å². The average molecular weight is 256 g/mol. The second-order valence-corrected chi connectivity index (χ2v) is 4.41. The third kappa shape index (κ3) is 2.26. The largest absolute Gasteiger partial charge is 0.458 e. The van der Waals surface area contributed by atoms with Crippen LogP contribution < -0.4 is 0 Å². The van der Waals surface area contributed by atoms with E-state index < -0.39 is 17.0 Å². The van der Waals surface area contributed by atoms with Gasteiger partial charge in [0.15, 0.2) is 0 Å². The molecular weight excluding hydrogens is 247 g/mol. The molecule has 0 radical (unpaired) electrons. The van der Waals surface area contributed by atoms with Gasteiger partial charge in [-0.15, -0.1) is 17.9 Å². The van der Waals surface area contributed by atoms with Crippen molar-refractivity contribution >= 4 is 11.3 Å². The normalized spacial score (nSPS) is 14.9. The average Bonchev–Trinajstić information content (AvgIpc) is 2.64. The SMILES string of the molecule is C=CC(C)c1ccc(C(F)(F)C(F)(F)F)s1.